The fourth-order valence-electron chi connectivity index (χ4n) is 2.59. The highest BCUT2D eigenvalue weighted by molar-refractivity contribution is 7.92. The molecule has 0 spiro atoms. The average molecular weight is 379 g/mol. The van der Waals surface area contributed by atoms with Crippen LogP contribution in [0.4, 0.5) is 0 Å². The second-order valence-electron chi connectivity index (χ2n) is 5.97. The maximum absolute atomic E-state index is 13.0. The fourth-order valence-corrected chi connectivity index (χ4v) is 4.33. The number of carbonyl (C=O) groups excluding carboxylic acids is 1. The summed E-state index contributed by atoms with van der Waals surface area (Å²) in [7, 11) is -2.73. The van der Waals surface area contributed by atoms with Gasteiger partial charge in [0.25, 0.3) is 5.91 Å². The predicted molar refractivity (Wildman–Crippen MR) is 95.4 cm³/mol. The van der Waals surface area contributed by atoms with E-state index in [1.54, 1.807) is 42.5 Å². The van der Waals surface area contributed by atoms with Crippen LogP contribution in [0.2, 0.25) is 0 Å². The number of hydrogen-bond acceptors (Lipinski definition) is 6. The molecule has 2 unspecified atom stereocenters. The molecule has 0 saturated heterocycles. The van der Waals surface area contributed by atoms with E-state index in [0.29, 0.717) is 11.3 Å². The molecule has 26 heavy (non-hydrogen) atoms. The molecule has 0 fully saturated rings. The first-order chi connectivity index (χ1) is 12.3. The second-order valence-corrected chi connectivity index (χ2v) is 8.33. The molecule has 8 heteroatoms. The summed E-state index contributed by atoms with van der Waals surface area (Å²) in [4.78, 5) is 12.3. The molecule has 0 aliphatic rings. The van der Waals surface area contributed by atoms with E-state index >= 15 is 0 Å². The molecule has 0 aliphatic carbocycles. The van der Waals surface area contributed by atoms with Crippen molar-refractivity contribution < 1.29 is 28.3 Å². The number of ether oxygens (including phenoxy) is 1. The number of methoxy groups -OCH3 is 1. The minimum Gasteiger partial charge on any atom is -0.497 e. The molecule has 1 amide bonds. The zero-order valence-electron chi connectivity index (χ0n) is 14.4. The van der Waals surface area contributed by atoms with E-state index in [1.807, 2.05) is 0 Å². The minimum atomic E-state index is -4.22. The van der Waals surface area contributed by atoms with Gasteiger partial charge in [0, 0.05) is 0 Å². The number of hydrogen-bond donors (Lipinski definition) is 3. The van der Waals surface area contributed by atoms with Crippen molar-refractivity contribution in [3.05, 3.63) is 65.7 Å². The first kappa shape index (κ1) is 19.9. The highest BCUT2D eigenvalue weighted by Crippen LogP contribution is 2.35. The Hall–Kier alpha value is -2.42. The smallest absolute Gasteiger partial charge is 0.267 e. The molecule has 2 rings (SSSR count). The van der Waals surface area contributed by atoms with E-state index in [-0.39, 0.29) is 5.56 Å². The lowest BCUT2D eigenvalue weighted by Crippen LogP contribution is -2.54. The number of benzene rings is 2. The molecular formula is C18H21NO6S. The van der Waals surface area contributed by atoms with Crippen molar-refractivity contribution in [3.63, 3.8) is 0 Å². The monoisotopic (exact) mass is 379 g/mol. The summed E-state index contributed by atoms with van der Waals surface area (Å²) in [5, 5.41) is 19.7. The van der Waals surface area contributed by atoms with Crippen LogP contribution in [0.25, 0.3) is 0 Å². The van der Waals surface area contributed by atoms with Crippen molar-refractivity contribution in [1.29, 1.82) is 0 Å². The molecule has 2 aromatic rings. The van der Waals surface area contributed by atoms with E-state index in [2.05, 4.69) is 0 Å². The molecule has 0 heterocycles. The molecule has 0 saturated carbocycles. The van der Waals surface area contributed by atoms with Gasteiger partial charge in [0.05, 0.1) is 12.9 Å². The van der Waals surface area contributed by atoms with Gasteiger partial charge >= 0.3 is 0 Å². The SMILES string of the molecule is COc1ccc(CS(=O)(=O)C(C)(C(=O)NO)C(O)c2ccccc2)cc1. The van der Waals surface area contributed by atoms with E-state index in [1.165, 1.54) is 24.7 Å². The normalized spacial score (nSPS) is 14.9. The first-order valence-electron chi connectivity index (χ1n) is 7.79. The van der Waals surface area contributed by atoms with Crippen LogP contribution in [0.15, 0.2) is 54.6 Å². The summed E-state index contributed by atoms with van der Waals surface area (Å²) in [6.07, 6.45) is -1.67. The number of rotatable bonds is 7. The van der Waals surface area contributed by atoms with Crippen molar-refractivity contribution in [1.82, 2.24) is 5.48 Å². The number of amides is 1. The van der Waals surface area contributed by atoms with Gasteiger partial charge in [-0.1, -0.05) is 42.5 Å². The molecule has 0 radical (unpaired) electrons. The van der Waals surface area contributed by atoms with Crippen molar-refractivity contribution in [2.45, 2.75) is 23.5 Å². The highest BCUT2D eigenvalue weighted by atomic mass is 32.2. The second kappa shape index (κ2) is 7.86. The largest absolute Gasteiger partial charge is 0.497 e. The zero-order valence-corrected chi connectivity index (χ0v) is 15.2. The lowest BCUT2D eigenvalue weighted by atomic mass is 9.96. The van der Waals surface area contributed by atoms with Crippen LogP contribution in [0.3, 0.4) is 0 Å². The number of carbonyl (C=O) groups is 1. The molecular weight excluding hydrogens is 358 g/mol. The minimum absolute atomic E-state index is 0.247. The molecule has 3 N–H and O–H groups in total. The Kier molecular flexibility index (Phi) is 6.01. The number of hydroxylamine groups is 1. The Labute approximate surface area is 152 Å². The van der Waals surface area contributed by atoms with Crippen LogP contribution in [0, 0.1) is 0 Å². The van der Waals surface area contributed by atoms with Crippen molar-refractivity contribution in [3.8, 4) is 5.75 Å². The van der Waals surface area contributed by atoms with Gasteiger partial charge in [-0.3, -0.25) is 10.0 Å². The van der Waals surface area contributed by atoms with Crippen molar-refractivity contribution in [2.24, 2.45) is 0 Å². The molecule has 140 valence electrons. The van der Waals surface area contributed by atoms with Gasteiger partial charge in [-0.15, -0.1) is 0 Å². The summed E-state index contributed by atoms with van der Waals surface area (Å²) < 4.78 is 28.8. The van der Waals surface area contributed by atoms with E-state index < -0.39 is 32.3 Å². The van der Waals surface area contributed by atoms with Crippen molar-refractivity contribution >= 4 is 15.7 Å². The van der Waals surface area contributed by atoms with Gasteiger partial charge in [-0.2, -0.15) is 0 Å². The van der Waals surface area contributed by atoms with Gasteiger partial charge in [0.15, 0.2) is 14.6 Å². The highest BCUT2D eigenvalue weighted by Gasteiger charge is 2.52. The predicted octanol–water partition coefficient (Wildman–Crippen LogP) is 1.61. The summed E-state index contributed by atoms with van der Waals surface area (Å²) in [5.74, 6) is -1.14. The first-order valence-corrected chi connectivity index (χ1v) is 9.44. The Balaban J connectivity index is 2.45. The summed E-state index contributed by atoms with van der Waals surface area (Å²) in [6, 6.07) is 14.3. The van der Waals surface area contributed by atoms with Crippen LogP contribution in [-0.2, 0) is 20.4 Å². The van der Waals surface area contributed by atoms with Crippen LogP contribution in [0.5, 0.6) is 5.75 Å². The third kappa shape index (κ3) is 3.72. The number of aliphatic hydroxyl groups is 1. The number of aliphatic hydroxyl groups excluding tert-OH is 1. The lowest BCUT2D eigenvalue weighted by Gasteiger charge is -2.32. The van der Waals surface area contributed by atoms with E-state index in [9.17, 15) is 18.3 Å². The van der Waals surface area contributed by atoms with Crippen LogP contribution in [0.1, 0.15) is 24.2 Å². The standard InChI is InChI=1S/C18H21NO6S/c1-18(17(21)19-22,16(20)14-6-4-3-5-7-14)26(23,24)12-13-8-10-15(25-2)11-9-13/h3-11,16,20,22H,12H2,1-2H3,(H,19,21). The van der Waals surface area contributed by atoms with Gasteiger partial charge in [-0.05, 0) is 30.2 Å². The molecule has 0 aliphatic heterocycles. The van der Waals surface area contributed by atoms with Crippen LogP contribution >= 0.6 is 0 Å². The molecule has 2 aromatic carbocycles. The Bertz CT molecular complexity index is 851. The van der Waals surface area contributed by atoms with Gasteiger partial charge in [0.2, 0.25) is 0 Å². The quantitative estimate of drug-likeness (QED) is 0.498. The number of nitrogens with one attached hydrogen (secondary N) is 1. The molecule has 0 aromatic heterocycles. The lowest BCUT2D eigenvalue weighted by molar-refractivity contribution is -0.134. The van der Waals surface area contributed by atoms with Gasteiger partial charge in [0.1, 0.15) is 11.9 Å². The van der Waals surface area contributed by atoms with Crippen LogP contribution < -0.4 is 10.2 Å². The zero-order chi connectivity index (χ0) is 19.4. The summed E-state index contributed by atoms with van der Waals surface area (Å²) in [6.45, 7) is 1.09. The topological polar surface area (TPSA) is 113 Å². The van der Waals surface area contributed by atoms with Crippen molar-refractivity contribution in [2.75, 3.05) is 7.11 Å². The molecule has 7 nitrogen and oxygen atoms in total. The fraction of sp³-hybridized carbons (Fsp3) is 0.278. The number of sulfone groups is 1. The molecule has 0 bridgehead atoms. The van der Waals surface area contributed by atoms with E-state index in [4.69, 9.17) is 9.94 Å². The molecule has 2 atom stereocenters. The Morgan fingerprint density at radius 3 is 2.23 bits per heavy atom. The third-order valence-corrected chi connectivity index (χ3v) is 6.77. The van der Waals surface area contributed by atoms with Crippen LogP contribution in [-0.4, -0.2) is 36.5 Å². The Morgan fingerprint density at radius 1 is 1.15 bits per heavy atom. The third-order valence-electron chi connectivity index (χ3n) is 4.35. The maximum atomic E-state index is 13.0. The van der Waals surface area contributed by atoms with E-state index in [0.717, 1.165) is 6.92 Å². The average Bonchev–Trinajstić information content (AvgIpc) is 2.66. The summed E-state index contributed by atoms with van der Waals surface area (Å²) in [5.41, 5.74) is 2.03. The summed E-state index contributed by atoms with van der Waals surface area (Å²) >= 11 is 0. The van der Waals surface area contributed by atoms with Gasteiger partial charge in [-0.25, -0.2) is 13.9 Å². The Morgan fingerprint density at radius 2 is 1.73 bits per heavy atom. The van der Waals surface area contributed by atoms with Gasteiger partial charge < -0.3 is 9.84 Å². The maximum Gasteiger partial charge on any atom is 0.267 e.